The Bertz CT molecular complexity index is 1410. The van der Waals surface area contributed by atoms with Crippen LogP contribution in [-0.2, 0) is 33.8 Å². The monoisotopic (exact) mass is 569 g/mol. The molecule has 2 atom stereocenters. The smallest absolute Gasteiger partial charge is 0.415 e. The Labute approximate surface area is 233 Å². The quantitative estimate of drug-likeness (QED) is 0.217. The zero-order valence-corrected chi connectivity index (χ0v) is 21.8. The molecule has 41 heavy (non-hydrogen) atoms. The fourth-order valence-electron chi connectivity index (χ4n) is 4.92. The Kier molecular flexibility index (Phi) is 8.53. The molecule has 2 unspecified atom stereocenters. The van der Waals surface area contributed by atoms with E-state index in [1.165, 1.54) is 17.2 Å². The zero-order chi connectivity index (χ0) is 28.8. The van der Waals surface area contributed by atoms with Gasteiger partial charge in [0, 0.05) is 12.3 Å². The van der Waals surface area contributed by atoms with E-state index in [-0.39, 0.29) is 54.3 Å². The van der Waals surface area contributed by atoms with Crippen LogP contribution < -0.4 is 25.0 Å². The molecule has 2 aromatic heterocycles. The molecule has 216 valence electrons. The second-order valence-electron chi connectivity index (χ2n) is 9.62. The lowest BCUT2D eigenvalue weighted by molar-refractivity contribution is -0.123. The minimum atomic E-state index is -0.514. The lowest BCUT2D eigenvalue weighted by atomic mass is 10.1. The van der Waals surface area contributed by atoms with E-state index in [2.05, 4.69) is 30.8 Å². The second-order valence-corrected chi connectivity index (χ2v) is 9.62. The van der Waals surface area contributed by atoms with Gasteiger partial charge in [-0.1, -0.05) is 0 Å². The number of nitrogens with one attached hydrogen (secondary N) is 3. The van der Waals surface area contributed by atoms with E-state index >= 15 is 0 Å². The van der Waals surface area contributed by atoms with E-state index in [1.807, 2.05) is 12.1 Å². The Morgan fingerprint density at radius 2 is 2.15 bits per heavy atom. The standard InChI is InChI=1S/C25H26FN7O5.CH2O2/c26-20-8-18(36-12-16-1-4-29-32-16)7-15-5-14(6-19(15)20)9-27-3-2-17-11-33(25(35)38-17)21-10-28-24-23(30-21)31-22(34)13-37-24;2-1-3/h1,4,7-8,10,14,17,27H,2-3,5-6,9,11-13H2,(H,29,32)(H,30,31,34);1H,(H,2,3). The summed E-state index contributed by atoms with van der Waals surface area (Å²) in [6.45, 7) is 1.62. The van der Waals surface area contributed by atoms with Crippen LogP contribution in [0.4, 0.5) is 20.8 Å². The first-order valence-corrected chi connectivity index (χ1v) is 12.9. The molecule has 2 amide bonds. The number of rotatable bonds is 9. The topological polar surface area (TPSA) is 181 Å². The van der Waals surface area contributed by atoms with Gasteiger partial charge in [-0.25, -0.2) is 19.2 Å². The number of aromatic amines is 1. The number of halogens is 1. The van der Waals surface area contributed by atoms with Crippen LogP contribution >= 0.6 is 0 Å². The molecule has 1 aromatic carbocycles. The molecular weight excluding hydrogens is 541 g/mol. The van der Waals surface area contributed by atoms with Crippen LogP contribution in [0.15, 0.2) is 30.6 Å². The summed E-state index contributed by atoms with van der Waals surface area (Å²) in [6.07, 6.45) is 4.28. The molecule has 1 saturated heterocycles. The summed E-state index contributed by atoms with van der Waals surface area (Å²) in [7, 11) is 0. The summed E-state index contributed by atoms with van der Waals surface area (Å²) in [5.41, 5.74) is 2.55. The van der Waals surface area contributed by atoms with Gasteiger partial charge in [0.25, 0.3) is 18.3 Å². The number of nitrogens with zero attached hydrogens (tertiary/aromatic N) is 4. The van der Waals surface area contributed by atoms with Crippen molar-refractivity contribution in [1.29, 1.82) is 0 Å². The molecule has 2 aliphatic heterocycles. The van der Waals surface area contributed by atoms with Crippen LogP contribution in [0, 0.1) is 11.7 Å². The molecule has 4 heterocycles. The molecule has 3 aromatic rings. The van der Waals surface area contributed by atoms with Gasteiger partial charge < -0.3 is 30.0 Å². The fraction of sp³-hybridized carbons (Fsp3) is 0.385. The van der Waals surface area contributed by atoms with Gasteiger partial charge in [-0.05, 0) is 61.5 Å². The van der Waals surface area contributed by atoms with Crippen molar-refractivity contribution in [3.63, 3.8) is 0 Å². The number of carbonyl (C=O) groups excluding carboxylic acids is 2. The molecule has 3 aliphatic rings. The number of carboxylic acid groups (broad SMARTS) is 1. The molecule has 0 radical (unpaired) electrons. The van der Waals surface area contributed by atoms with Gasteiger partial charge in [0.1, 0.15) is 24.3 Å². The van der Waals surface area contributed by atoms with Gasteiger partial charge in [0.15, 0.2) is 18.2 Å². The lowest BCUT2D eigenvalue weighted by Gasteiger charge is -2.18. The van der Waals surface area contributed by atoms with Crippen LogP contribution in [0.3, 0.4) is 0 Å². The number of carbonyl (C=O) groups is 3. The molecule has 4 N–H and O–H groups in total. The van der Waals surface area contributed by atoms with Crippen molar-refractivity contribution in [2.24, 2.45) is 5.92 Å². The van der Waals surface area contributed by atoms with Crippen LogP contribution in [-0.4, -0.2) is 76.1 Å². The van der Waals surface area contributed by atoms with Crippen molar-refractivity contribution >= 4 is 30.1 Å². The van der Waals surface area contributed by atoms with Crippen LogP contribution in [0.25, 0.3) is 0 Å². The maximum absolute atomic E-state index is 14.7. The average Bonchev–Trinajstić information content (AvgIpc) is 3.70. The fourth-order valence-corrected chi connectivity index (χ4v) is 4.92. The van der Waals surface area contributed by atoms with Crippen LogP contribution in [0.2, 0.25) is 0 Å². The van der Waals surface area contributed by atoms with Crippen molar-refractivity contribution in [3.05, 3.63) is 53.2 Å². The number of amides is 2. The van der Waals surface area contributed by atoms with Crippen LogP contribution in [0.5, 0.6) is 11.6 Å². The maximum atomic E-state index is 14.7. The zero-order valence-electron chi connectivity index (χ0n) is 21.8. The highest BCUT2D eigenvalue weighted by Crippen LogP contribution is 2.33. The highest BCUT2D eigenvalue weighted by Gasteiger charge is 2.34. The first-order chi connectivity index (χ1) is 19.9. The molecule has 0 bridgehead atoms. The van der Waals surface area contributed by atoms with Crippen molar-refractivity contribution in [2.45, 2.75) is 32.0 Å². The summed E-state index contributed by atoms with van der Waals surface area (Å²) < 4.78 is 31.1. The van der Waals surface area contributed by atoms with Gasteiger partial charge in [-0.2, -0.15) is 5.10 Å². The second kappa shape index (κ2) is 12.6. The molecule has 6 rings (SSSR count). The molecule has 15 heteroatoms. The SMILES string of the molecule is O=C1COc2ncc(N3CC(CCNCC4Cc5cc(OCc6ccn[nH]6)cc(F)c5C4)OC3=O)nc2N1.O=CO. The van der Waals surface area contributed by atoms with Crippen LogP contribution in [0.1, 0.15) is 23.2 Å². The Morgan fingerprint density at radius 3 is 2.95 bits per heavy atom. The Hall–Kier alpha value is -4.79. The van der Waals surface area contributed by atoms with Gasteiger partial charge in [-0.3, -0.25) is 19.6 Å². The van der Waals surface area contributed by atoms with E-state index in [9.17, 15) is 14.0 Å². The molecule has 0 saturated carbocycles. The van der Waals surface area contributed by atoms with Crippen molar-refractivity contribution < 1.29 is 38.1 Å². The molecule has 0 spiro atoms. The number of aromatic nitrogens is 4. The van der Waals surface area contributed by atoms with Crippen molar-refractivity contribution in [3.8, 4) is 11.6 Å². The Morgan fingerprint density at radius 1 is 1.29 bits per heavy atom. The Balaban J connectivity index is 0.00000108. The highest BCUT2D eigenvalue weighted by molar-refractivity contribution is 5.94. The van der Waals surface area contributed by atoms with E-state index < -0.39 is 6.09 Å². The van der Waals surface area contributed by atoms with E-state index in [0.29, 0.717) is 38.3 Å². The number of hydrogen-bond donors (Lipinski definition) is 4. The number of benzene rings is 1. The number of hydrogen-bond acceptors (Lipinski definition) is 10. The van der Waals surface area contributed by atoms with Gasteiger partial charge in [0.2, 0.25) is 0 Å². The van der Waals surface area contributed by atoms with Gasteiger partial charge in [0.05, 0.1) is 18.4 Å². The van der Waals surface area contributed by atoms with E-state index in [1.54, 1.807) is 6.20 Å². The minimum absolute atomic E-state index is 0.119. The number of cyclic esters (lactones) is 1. The summed E-state index contributed by atoms with van der Waals surface area (Å²) in [4.78, 5) is 42.1. The number of fused-ring (bicyclic) bond motifs is 2. The molecular formula is C26H28FN7O7. The van der Waals surface area contributed by atoms with Crippen molar-refractivity contribution in [2.75, 3.05) is 36.5 Å². The first-order valence-electron chi connectivity index (χ1n) is 12.9. The van der Waals surface area contributed by atoms with Crippen molar-refractivity contribution in [1.82, 2.24) is 25.5 Å². The molecule has 14 nitrogen and oxygen atoms in total. The summed E-state index contributed by atoms with van der Waals surface area (Å²) in [6, 6.07) is 5.18. The predicted octanol–water partition coefficient (Wildman–Crippen LogP) is 1.67. The highest BCUT2D eigenvalue weighted by atomic mass is 19.1. The maximum Gasteiger partial charge on any atom is 0.415 e. The van der Waals surface area contributed by atoms with E-state index in [0.717, 1.165) is 29.8 Å². The van der Waals surface area contributed by atoms with Gasteiger partial charge >= 0.3 is 6.09 Å². The number of H-pyrrole nitrogens is 1. The third-order valence-corrected chi connectivity index (χ3v) is 6.77. The average molecular weight is 570 g/mol. The largest absolute Gasteiger partial charge is 0.487 e. The molecule has 1 fully saturated rings. The molecule has 1 aliphatic carbocycles. The first kappa shape index (κ1) is 27.8. The third-order valence-electron chi connectivity index (χ3n) is 6.77. The summed E-state index contributed by atoms with van der Waals surface area (Å²) in [5.74, 6) is 0.899. The number of anilines is 2. The minimum Gasteiger partial charge on any atom is -0.487 e. The van der Waals surface area contributed by atoms with Gasteiger partial charge in [-0.15, -0.1) is 0 Å². The number of ether oxygens (including phenoxy) is 3. The lowest BCUT2D eigenvalue weighted by Crippen LogP contribution is -2.30. The normalized spacial score (nSPS) is 18.8. The summed E-state index contributed by atoms with van der Waals surface area (Å²) in [5, 5.41) is 19.6. The van der Waals surface area contributed by atoms with E-state index in [4.69, 9.17) is 24.1 Å². The summed E-state index contributed by atoms with van der Waals surface area (Å²) >= 11 is 0. The third kappa shape index (κ3) is 6.69. The predicted molar refractivity (Wildman–Crippen MR) is 140 cm³/mol.